The van der Waals surface area contributed by atoms with Crippen molar-refractivity contribution in [1.82, 2.24) is 5.32 Å². The Morgan fingerprint density at radius 1 is 0.906 bits per heavy atom. The number of carbonyl (C=O) groups is 1. The van der Waals surface area contributed by atoms with Gasteiger partial charge < -0.3 is 5.32 Å². The summed E-state index contributed by atoms with van der Waals surface area (Å²) in [5.74, 6) is 0.543. The Morgan fingerprint density at radius 3 is 2.25 bits per heavy atom. The first-order chi connectivity index (χ1) is 15.4. The number of sulfonamides is 1. The molecule has 0 bridgehead atoms. The number of nitrogens with one attached hydrogen (secondary N) is 1. The van der Waals surface area contributed by atoms with Crippen molar-refractivity contribution in [2.24, 2.45) is 0 Å². The summed E-state index contributed by atoms with van der Waals surface area (Å²) in [7, 11) is -3.89. The Balaban J connectivity index is 1.67. The van der Waals surface area contributed by atoms with Crippen LogP contribution in [0.5, 0.6) is 0 Å². The molecule has 1 amide bonds. The molecule has 0 saturated heterocycles. The lowest BCUT2D eigenvalue weighted by molar-refractivity contribution is -0.119. The van der Waals surface area contributed by atoms with Gasteiger partial charge in [-0.2, -0.15) is 0 Å². The summed E-state index contributed by atoms with van der Waals surface area (Å²) < 4.78 is 28.0. The highest BCUT2D eigenvalue weighted by molar-refractivity contribution is 7.99. The number of benzene rings is 3. The number of rotatable bonds is 10. The molecule has 0 aromatic heterocycles. The zero-order valence-electron chi connectivity index (χ0n) is 18.3. The number of hydrogen-bond donors (Lipinski definition) is 1. The second kappa shape index (κ2) is 11.2. The van der Waals surface area contributed by atoms with Crippen molar-refractivity contribution in [1.29, 1.82) is 0 Å². The molecule has 0 atom stereocenters. The summed E-state index contributed by atoms with van der Waals surface area (Å²) in [5.41, 5.74) is 2.26. The van der Waals surface area contributed by atoms with E-state index in [1.165, 1.54) is 9.20 Å². The second-order valence-corrected chi connectivity index (χ2v) is 10.5. The lowest BCUT2D eigenvalue weighted by Crippen LogP contribution is -2.41. The maximum Gasteiger partial charge on any atom is 0.264 e. The van der Waals surface area contributed by atoms with E-state index in [0.29, 0.717) is 12.2 Å². The fourth-order valence-corrected chi connectivity index (χ4v) is 5.53. The summed E-state index contributed by atoms with van der Waals surface area (Å²) in [6.45, 7) is 3.96. The predicted molar refractivity (Wildman–Crippen MR) is 132 cm³/mol. The minimum atomic E-state index is -3.89. The number of anilines is 1. The van der Waals surface area contributed by atoms with Crippen LogP contribution in [-0.4, -0.2) is 33.2 Å². The van der Waals surface area contributed by atoms with Crippen LogP contribution in [0.2, 0.25) is 0 Å². The van der Waals surface area contributed by atoms with E-state index in [-0.39, 0.29) is 17.3 Å². The summed E-state index contributed by atoms with van der Waals surface area (Å²) in [6, 6.07) is 23.9. The number of thioether (sulfide) groups is 1. The Bertz CT molecular complexity index is 1130. The highest BCUT2D eigenvalue weighted by atomic mass is 32.2. The molecule has 0 heterocycles. The van der Waals surface area contributed by atoms with E-state index in [2.05, 4.69) is 17.4 Å². The van der Waals surface area contributed by atoms with Crippen molar-refractivity contribution >= 4 is 33.4 Å². The van der Waals surface area contributed by atoms with E-state index in [1.54, 1.807) is 48.2 Å². The fourth-order valence-electron chi connectivity index (χ4n) is 3.17. The fraction of sp³-hybridized carbons (Fsp3) is 0.240. The predicted octanol–water partition coefficient (Wildman–Crippen LogP) is 4.80. The maximum atomic E-state index is 13.4. The molecule has 168 valence electrons. The summed E-state index contributed by atoms with van der Waals surface area (Å²) >= 11 is 1.73. The average molecular weight is 469 g/mol. The largest absolute Gasteiger partial charge is 0.354 e. The minimum absolute atomic E-state index is 0.165. The third kappa shape index (κ3) is 6.37. The quantitative estimate of drug-likeness (QED) is 0.343. The van der Waals surface area contributed by atoms with Gasteiger partial charge in [0.1, 0.15) is 6.54 Å². The molecule has 3 rings (SSSR count). The Morgan fingerprint density at radius 2 is 1.56 bits per heavy atom. The van der Waals surface area contributed by atoms with Crippen LogP contribution >= 0.6 is 11.8 Å². The first-order valence-corrected chi connectivity index (χ1v) is 12.9. The van der Waals surface area contributed by atoms with Crippen LogP contribution in [0.1, 0.15) is 17.5 Å². The topological polar surface area (TPSA) is 66.5 Å². The van der Waals surface area contributed by atoms with Gasteiger partial charge in [-0.3, -0.25) is 9.10 Å². The highest BCUT2D eigenvalue weighted by Gasteiger charge is 2.28. The first-order valence-electron chi connectivity index (χ1n) is 10.5. The van der Waals surface area contributed by atoms with E-state index < -0.39 is 10.0 Å². The van der Waals surface area contributed by atoms with Crippen molar-refractivity contribution in [3.05, 3.63) is 90.0 Å². The summed E-state index contributed by atoms with van der Waals surface area (Å²) in [5, 5.41) is 2.86. The molecule has 1 N–H and O–H groups in total. The Hall–Kier alpha value is -2.77. The van der Waals surface area contributed by atoms with E-state index in [1.807, 2.05) is 44.2 Å². The molecule has 0 aliphatic carbocycles. The standard InChI is InChI=1S/C25H28N2O3S2/c1-20-13-15-23(16-14-20)32(29,30)27(24-12-7-6-9-21(24)2)19-25(28)26-17-8-18-31-22-10-4-3-5-11-22/h3-7,9-16H,8,17-19H2,1-2H3,(H,26,28). The van der Waals surface area contributed by atoms with Crippen LogP contribution < -0.4 is 9.62 Å². The average Bonchev–Trinajstić information content (AvgIpc) is 2.79. The van der Waals surface area contributed by atoms with Gasteiger partial charge in [-0.15, -0.1) is 11.8 Å². The molecular weight excluding hydrogens is 440 g/mol. The van der Waals surface area contributed by atoms with Crippen LogP contribution in [0, 0.1) is 13.8 Å². The van der Waals surface area contributed by atoms with Crippen molar-refractivity contribution in [3.63, 3.8) is 0 Å². The zero-order chi connectivity index (χ0) is 23.0. The van der Waals surface area contributed by atoms with Crippen LogP contribution in [0.15, 0.2) is 88.7 Å². The molecule has 0 saturated carbocycles. The molecule has 0 aliphatic heterocycles. The summed E-state index contributed by atoms with van der Waals surface area (Å²) in [4.78, 5) is 14.0. The van der Waals surface area contributed by atoms with Crippen molar-refractivity contribution in [2.75, 3.05) is 23.1 Å². The molecule has 0 spiro atoms. The van der Waals surface area contributed by atoms with Crippen LogP contribution in [-0.2, 0) is 14.8 Å². The van der Waals surface area contributed by atoms with Gasteiger partial charge in [-0.05, 0) is 61.9 Å². The number of aryl methyl sites for hydroxylation is 2. The van der Waals surface area contributed by atoms with Crippen LogP contribution in [0.4, 0.5) is 5.69 Å². The van der Waals surface area contributed by atoms with Gasteiger partial charge >= 0.3 is 0 Å². The molecule has 0 fully saturated rings. The second-order valence-electron chi connectivity index (χ2n) is 7.48. The first kappa shape index (κ1) is 23.9. The Labute approximate surface area is 194 Å². The lowest BCUT2D eigenvalue weighted by Gasteiger charge is -2.25. The highest BCUT2D eigenvalue weighted by Crippen LogP contribution is 2.26. The molecule has 0 radical (unpaired) electrons. The number of amides is 1. The lowest BCUT2D eigenvalue weighted by atomic mass is 10.2. The van der Waals surface area contributed by atoms with E-state index in [9.17, 15) is 13.2 Å². The van der Waals surface area contributed by atoms with Crippen molar-refractivity contribution in [2.45, 2.75) is 30.1 Å². The summed E-state index contributed by atoms with van der Waals surface area (Å²) in [6.07, 6.45) is 0.792. The zero-order valence-corrected chi connectivity index (χ0v) is 20.0. The van der Waals surface area contributed by atoms with Crippen molar-refractivity contribution in [3.8, 4) is 0 Å². The van der Waals surface area contributed by atoms with Gasteiger partial charge in [0.15, 0.2) is 0 Å². The SMILES string of the molecule is Cc1ccc(S(=O)(=O)N(CC(=O)NCCCSc2ccccc2)c2ccccc2C)cc1. The number of para-hydroxylation sites is 1. The van der Waals surface area contributed by atoms with Gasteiger partial charge in [0.25, 0.3) is 10.0 Å². The van der Waals surface area contributed by atoms with Gasteiger partial charge in [0.2, 0.25) is 5.91 Å². The van der Waals surface area contributed by atoms with Crippen LogP contribution in [0.3, 0.4) is 0 Å². The van der Waals surface area contributed by atoms with Gasteiger partial charge in [-0.1, -0.05) is 54.1 Å². The number of hydrogen-bond acceptors (Lipinski definition) is 4. The van der Waals surface area contributed by atoms with Gasteiger partial charge in [-0.25, -0.2) is 8.42 Å². The minimum Gasteiger partial charge on any atom is -0.354 e. The smallest absolute Gasteiger partial charge is 0.264 e. The number of nitrogens with zero attached hydrogens (tertiary/aromatic N) is 1. The normalized spacial score (nSPS) is 11.2. The molecule has 0 aliphatic rings. The molecule has 5 nitrogen and oxygen atoms in total. The third-order valence-electron chi connectivity index (χ3n) is 4.94. The Kier molecular flexibility index (Phi) is 8.36. The van der Waals surface area contributed by atoms with Crippen molar-refractivity contribution < 1.29 is 13.2 Å². The maximum absolute atomic E-state index is 13.4. The molecule has 7 heteroatoms. The monoisotopic (exact) mass is 468 g/mol. The van der Waals surface area contributed by atoms with E-state index >= 15 is 0 Å². The number of carbonyl (C=O) groups excluding carboxylic acids is 1. The van der Waals surface area contributed by atoms with Gasteiger partial charge in [0.05, 0.1) is 10.6 Å². The van der Waals surface area contributed by atoms with E-state index in [0.717, 1.165) is 23.3 Å². The molecular formula is C25H28N2O3S2. The van der Waals surface area contributed by atoms with E-state index in [4.69, 9.17) is 0 Å². The van der Waals surface area contributed by atoms with Gasteiger partial charge in [0, 0.05) is 11.4 Å². The molecule has 32 heavy (non-hydrogen) atoms. The molecule has 3 aromatic rings. The molecule has 0 unspecified atom stereocenters. The van der Waals surface area contributed by atoms with Crippen LogP contribution in [0.25, 0.3) is 0 Å². The molecule has 3 aromatic carbocycles. The third-order valence-corrected chi connectivity index (χ3v) is 7.81.